The molecule has 17 heavy (non-hydrogen) atoms. The van der Waals surface area contributed by atoms with E-state index in [4.69, 9.17) is 4.74 Å². The van der Waals surface area contributed by atoms with Crippen LogP contribution in [-0.2, 0) is 16.8 Å². The number of aliphatic hydroxyl groups is 1. The first-order valence-electron chi connectivity index (χ1n) is 6.02. The molecule has 0 spiro atoms. The van der Waals surface area contributed by atoms with Gasteiger partial charge in [-0.05, 0) is 29.7 Å². The van der Waals surface area contributed by atoms with Gasteiger partial charge in [-0.1, -0.05) is 49.7 Å². The summed E-state index contributed by atoms with van der Waals surface area (Å²) in [6.07, 6.45) is -0.732. The zero-order chi connectivity index (χ0) is 13.2. The lowest BCUT2D eigenvalue weighted by Crippen LogP contribution is -2.40. The Balaban J connectivity index is 0.000000686. The summed E-state index contributed by atoms with van der Waals surface area (Å²) in [6.45, 7) is 10.5. The van der Waals surface area contributed by atoms with E-state index >= 15 is 0 Å². The smallest absolute Gasteiger partial charge is 0.164 e. The van der Waals surface area contributed by atoms with E-state index in [0.717, 1.165) is 15.6 Å². The zero-order valence-corrected chi connectivity index (χ0v) is 12.8. The van der Waals surface area contributed by atoms with Gasteiger partial charge in [0.15, 0.2) is 6.29 Å². The summed E-state index contributed by atoms with van der Waals surface area (Å²) in [5.41, 5.74) is 3.17. The molecule has 1 aliphatic heterocycles. The van der Waals surface area contributed by atoms with Crippen LogP contribution in [0.1, 0.15) is 44.4 Å². The third-order valence-corrected chi connectivity index (χ3v) is 3.60. The summed E-state index contributed by atoms with van der Waals surface area (Å²) >= 11 is 3.57. The molecule has 0 fully saturated rings. The van der Waals surface area contributed by atoms with Crippen LogP contribution >= 0.6 is 15.9 Å². The zero-order valence-electron chi connectivity index (χ0n) is 11.2. The van der Waals surface area contributed by atoms with Gasteiger partial charge >= 0.3 is 0 Å². The molecule has 0 aromatic heterocycles. The van der Waals surface area contributed by atoms with Crippen LogP contribution in [0.25, 0.3) is 0 Å². The van der Waals surface area contributed by atoms with E-state index in [0.29, 0.717) is 6.61 Å². The summed E-state index contributed by atoms with van der Waals surface area (Å²) in [5, 5.41) is 9.83. The number of fused-ring (bicyclic) bond motifs is 1. The second-order valence-electron chi connectivity index (χ2n) is 4.67. The molecule has 0 aliphatic carbocycles. The number of aryl methyl sites for hydroxylation is 1. The molecule has 2 rings (SSSR count). The Kier molecular flexibility index (Phi) is 4.76. The highest BCUT2D eigenvalue weighted by atomic mass is 79.9. The molecule has 0 radical (unpaired) electrons. The van der Waals surface area contributed by atoms with Crippen molar-refractivity contribution < 1.29 is 9.84 Å². The van der Waals surface area contributed by atoms with Crippen LogP contribution in [0.2, 0.25) is 0 Å². The molecule has 0 bridgehead atoms. The average Bonchev–Trinajstić information content (AvgIpc) is 2.25. The molecule has 1 N–H and O–H groups in total. The van der Waals surface area contributed by atoms with Crippen LogP contribution in [0.15, 0.2) is 16.6 Å². The van der Waals surface area contributed by atoms with Crippen LogP contribution in [0, 0.1) is 6.92 Å². The van der Waals surface area contributed by atoms with Crippen molar-refractivity contribution in [3.05, 3.63) is 33.3 Å². The van der Waals surface area contributed by atoms with Gasteiger partial charge in [-0.15, -0.1) is 0 Å². The van der Waals surface area contributed by atoms with Crippen LogP contribution in [0.4, 0.5) is 0 Å². The Morgan fingerprint density at radius 1 is 1.35 bits per heavy atom. The third-order valence-electron chi connectivity index (χ3n) is 2.97. The average molecular weight is 301 g/mol. The Morgan fingerprint density at radius 2 is 1.94 bits per heavy atom. The SMILES string of the molecule is CC.Cc1cc(Br)c2c(c1)COC(O)C2(C)C. The van der Waals surface area contributed by atoms with Crippen LogP contribution < -0.4 is 0 Å². The second-order valence-corrected chi connectivity index (χ2v) is 5.52. The number of hydrogen-bond acceptors (Lipinski definition) is 2. The molecule has 0 saturated carbocycles. The first-order valence-corrected chi connectivity index (χ1v) is 6.81. The highest BCUT2D eigenvalue weighted by Gasteiger charge is 2.38. The maximum atomic E-state index is 9.83. The highest BCUT2D eigenvalue weighted by Crippen LogP contribution is 2.40. The lowest BCUT2D eigenvalue weighted by atomic mass is 9.79. The monoisotopic (exact) mass is 300 g/mol. The number of benzene rings is 1. The van der Waals surface area contributed by atoms with Gasteiger partial charge in [-0.3, -0.25) is 0 Å². The van der Waals surface area contributed by atoms with Crippen LogP contribution in [0.5, 0.6) is 0 Å². The predicted molar refractivity (Wildman–Crippen MR) is 74.0 cm³/mol. The lowest BCUT2D eigenvalue weighted by molar-refractivity contribution is -0.157. The molecule has 1 aliphatic rings. The van der Waals surface area contributed by atoms with Crippen LogP contribution in [-0.4, -0.2) is 11.4 Å². The van der Waals surface area contributed by atoms with Crippen LogP contribution in [0.3, 0.4) is 0 Å². The Morgan fingerprint density at radius 3 is 2.53 bits per heavy atom. The Bertz CT molecular complexity index is 399. The lowest BCUT2D eigenvalue weighted by Gasteiger charge is -2.38. The number of ether oxygens (including phenoxy) is 1. The van der Waals surface area contributed by atoms with Gasteiger partial charge in [-0.25, -0.2) is 0 Å². The number of halogens is 1. The summed E-state index contributed by atoms with van der Waals surface area (Å²) in [6, 6.07) is 4.20. The topological polar surface area (TPSA) is 29.5 Å². The normalized spacial score (nSPS) is 21.2. The number of aliphatic hydroxyl groups excluding tert-OH is 1. The fourth-order valence-corrected chi connectivity index (χ4v) is 3.28. The Labute approximate surface area is 112 Å². The summed E-state index contributed by atoms with van der Waals surface area (Å²) in [7, 11) is 0. The predicted octanol–water partition coefficient (Wildman–Crippen LogP) is 3.91. The van der Waals surface area contributed by atoms with Crippen molar-refractivity contribution >= 4 is 15.9 Å². The molecule has 0 amide bonds. The molecular weight excluding hydrogens is 280 g/mol. The van der Waals surface area contributed by atoms with Gasteiger partial charge in [0.2, 0.25) is 0 Å². The fraction of sp³-hybridized carbons (Fsp3) is 0.571. The van der Waals surface area contributed by atoms with Gasteiger partial charge in [0.1, 0.15) is 0 Å². The van der Waals surface area contributed by atoms with Gasteiger partial charge in [0.05, 0.1) is 6.61 Å². The van der Waals surface area contributed by atoms with Gasteiger partial charge in [0, 0.05) is 9.89 Å². The molecule has 1 heterocycles. The van der Waals surface area contributed by atoms with Gasteiger partial charge in [0.25, 0.3) is 0 Å². The molecule has 1 unspecified atom stereocenters. The summed E-state index contributed by atoms with van der Waals surface area (Å²) in [5.74, 6) is 0. The van der Waals surface area contributed by atoms with Crippen molar-refractivity contribution in [1.82, 2.24) is 0 Å². The third kappa shape index (κ3) is 2.72. The minimum atomic E-state index is -0.732. The van der Waals surface area contributed by atoms with E-state index in [1.54, 1.807) is 0 Å². The van der Waals surface area contributed by atoms with E-state index in [9.17, 15) is 5.11 Å². The minimum absolute atomic E-state index is 0.361. The molecule has 3 heteroatoms. The minimum Gasteiger partial charge on any atom is -0.367 e. The number of rotatable bonds is 0. The first kappa shape index (κ1) is 14.7. The van der Waals surface area contributed by atoms with E-state index in [1.807, 2.05) is 27.7 Å². The van der Waals surface area contributed by atoms with Crippen molar-refractivity contribution in [3.8, 4) is 0 Å². The molecule has 2 nitrogen and oxygen atoms in total. The molecular formula is C14H21BrO2. The van der Waals surface area contributed by atoms with Crippen molar-refractivity contribution in [2.75, 3.05) is 0 Å². The van der Waals surface area contributed by atoms with Gasteiger partial charge in [-0.2, -0.15) is 0 Å². The van der Waals surface area contributed by atoms with Gasteiger partial charge < -0.3 is 9.84 Å². The quantitative estimate of drug-likeness (QED) is 0.787. The second kappa shape index (κ2) is 5.51. The fourth-order valence-electron chi connectivity index (χ4n) is 2.15. The molecule has 96 valence electrons. The van der Waals surface area contributed by atoms with Crippen molar-refractivity contribution in [1.29, 1.82) is 0 Å². The molecule has 1 aromatic rings. The van der Waals surface area contributed by atoms with E-state index in [1.165, 1.54) is 5.56 Å². The summed E-state index contributed by atoms with van der Waals surface area (Å²) in [4.78, 5) is 0. The first-order chi connectivity index (χ1) is 7.93. The molecule has 1 aromatic carbocycles. The number of hydrogen-bond donors (Lipinski definition) is 1. The van der Waals surface area contributed by atoms with Crippen molar-refractivity contribution in [2.24, 2.45) is 0 Å². The Hall–Kier alpha value is -0.380. The highest BCUT2D eigenvalue weighted by molar-refractivity contribution is 9.10. The standard InChI is InChI=1S/C12H15BrO2.C2H6/c1-7-4-8-6-15-11(14)12(2,3)10(8)9(13)5-7;1-2/h4-5,11,14H,6H2,1-3H3;1-2H3. The van der Waals surface area contributed by atoms with Crippen molar-refractivity contribution in [3.63, 3.8) is 0 Å². The van der Waals surface area contributed by atoms with Crippen molar-refractivity contribution in [2.45, 2.75) is 52.9 Å². The maximum absolute atomic E-state index is 9.83. The molecule has 1 atom stereocenters. The maximum Gasteiger partial charge on any atom is 0.164 e. The van der Waals surface area contributed by atoms with E-state index in [-0.39, 0.29) is 5.41 Å². The summed E-state index contributed by atoms with van der Waals surface area (Å²) < 4.78 is 6.42. The van der Waals surface area contributed by atoms with E-state index in [2.05, 4.69) is 35.0 Å². The molecule has 0 saturated heterocycles. The largest absolute Gasteiger partial charge is 0.367 e. The van der Waals surface area contributed by atoms with E-state index < -0.39 is 6.29 Å².